The van der Waals surface area contributed by atoms with E-state index in [2.05, 4.69) is 69.3 Å². The lowest BCUT2D eigenvalue weighted by Gasteiger charge is -2.18. The summed E-state index contributed by atoms with van der Waals surface area (Å²) in [5.41, 5.74) is 1.39. The van der Waals surface area contributed by atoms with Gasteiger partial charge in [-0.3, -0.25) is 0 Å². The van der Waals surface area contributed by atoms with Crippen LogP contribution in [0.15, 0.2) is 45.6 Å². The zero-order chi connectivity index (χ0) is 13.9. The predicted octanol–water partition coefficient (Wildman–Crippen LogP) is 5.81. The SMILES string of the molecule is CCCNC(c1sccc1Br)c1csc2ccccc12. The van der Waals surface area contributed by atoms with Crippen molar-refractivity contribution in [2.24, 2.45) is 0 Å². The maximum atomic E-state index is 3.69. The van der Waals surface area contributed by atoms with E-state index in [-0.39, 0.29) is 6.04 Å². The fourth-order valence-electron chi connectivity index (χ4n) is 2.37. The van der Waals surface area contributed by atoms with E-state index in [0.717, 1.165) is 13.0 Å². The highest BCUT2D eigenvalue weighted by Gasteiger charge is 2.20. The summed E-state index contributed by atoms with van der Waals surface area (Å²) < 4.78 is 2.56. The van der Waals surface area contributed by atoms with Crippen LogP contribution < -0.4 is 5.32 Å². The number of hydrogen-bond donors (Lipinski definition) is 1. The largest absolute Gasteiger partial charge is 0.306 e. The topological polar surface area (TPSA) is 12.0 Å². The second kappa shape index (κ2) is 6.39. The Balaban J connectivity index is 2.07. The van der Waals surface area contributed by atoms with E-state index in [0.29, 0.717) is 0 Å². The first-order valence-corrected chi connectivity index (χ1v) is 9.29. The van der Waals surface area contributed by atoms with Crippen molar-refractivity contribution in [1.29, 1.82) is 0 Å². The van der Waals surface area contributed by atoms with Crippen LogP contribution in [0.5, 0.6) is 0 Å². The lowest BCUT2D eigenvalue weighted by Crippen LogP contribution is -2.22. The molecule has 1 atom stereocenters. The van der Waals surface area contributed by atoms with Crippen LogP contribution in [0.3, 0.4) is 0 Å². The molecule has 0 bridgehead atoms. The van der Waals surface area contributed by atoms with Crippen molar-refractivity contribution in [2.75, 3.05) is 6.54 Å². The van der Waals surface area contributed by atoms with Crippen molar-refractivity contribution in [3.8, 4) is 0 Å². The van der Waals surface area contributed by atoms with Gasteiger partial charge in [-0.15, -0.1) is 22.7 Å². The van der Waals surface area contributed by atoms with Gasteiger partial charge in [-0.1, -0.05) is 25.1 Å². The highest BCUT2D eigenvalue weighted by Crippen LogP contribution is 2.38. The molecule has 1 nitrogen and oxygen atoms in total. The van der Waals surface area contributed by atoms with Crippen LogP contribution >= 0.6 is 38.6 Å². The molecule has 0 aliphatic rings. The minimum atomic E-state index is 0.278. The van der Waals surface area contributed by atoms with Crippen LogP contribution in [0.25, 0.3) is 10.1 Å². The number of nitrogens with one attached hydrogen (secondary N) is 1. The third kappa shape index (κ3) is 2.70. The standard InChI is InChI=1S/C16H16BrNS2/c1-2-8-18-15(16-13(17)7-9-19-16)12-10-20-14-6-4-3-5-11(12)14/h3-7,9-10,15,18H,2,8H2,1H3. The Kier molecular flexibility index (Phi) is 4.56. The van der Waals surface area contributed by atoms with Crippen molar-refractivity contribution >= 4 is 48.7 Å². The zero-order valence-corrected chi connectivity index (χ0v) is 14.4. The third-order valence-corrected chi connectivity index (χ3v) is 6.24. The van der Waals surface area contributed by atoms with Gasteiger partial charge < -0.3 is 5.32 Å². The Hall–Kier alpha value is -0.680. The van der Waals surface area contributed by atoms with E-state index in [9.17, 15) is 0 Å². The first-order chi connectivity index (χ1) is 9.81. The Morgan fingerprint density at radius 2 is 2.05 bits per heavy atom. The van der Waals surface area contributed by atoms with E-state index in [4.69, 9.17) is 0 Å². The summed E-state index contributed by atoms with van der Waals surface area (Å²) in [6, 6.07) is 11.1. The molecule has 3 aromatic rings. The van der Waals surface area contributed by atoms with Crippen molar-refractivity contribution in [3.05, 3.63) is 56.0 Å². The molecular formula is C16H16BrNS2. The van der Waals surface area contributed by atoms with Crippen LogP contribution in [0.4, 0.5) is 0 Å². The summed E-state index contributed by atoms with van der Waals surface area (Å²) in [6.45, 7) is 3.23. The molecule has 20 heavy (non-hydrogen) atoms. The second-order valence-corrected chi connectivity index (χ2v) is 7.42. The molecule has 2 heterocycles. The summed E-state index contributed by atoms with van der Waals surface area (Å²) in [7, 11) is 0. The van der Waals surface area contributed by atoms with Crippen LogP contribution in [0, 0.1) is 0 Å². The Morgan fingerprint density at radius 3 is 2.80 bits per heavy atom. The minimum absolute atomic E-state index is 0.278. The highest BCUT2D eigenvalue weighted by atomic mass is 79.9. The van der Waals surface area contributed by atoms with Gasteiger partial charge in [-0.05, 0) is 62.7 Å². The van der Waals surface area contributed by atoms with Gasteiger partial charge in [-0.2, -0.15) is 0 Å². The second-order valence-electron chi connectivity index (χ2n) is 4.71. The lowest BCUT2D eigenvalue weighted by atomic mass is 10.0. The normalized spacial score (nSPS) is 12.9. The van der Waals surface area contributed by atoms with Gasteiger partial charge in [-0.25, -0.2) is 0 Å². The zero-order valence-electron chi connectivity index (χ0n) is 11.2. The third-order valence-electron chi connectivity index (χ3n) is 3.33. The van der Waals surface area contributed by atoms with Gasteiger partial charge in [0.1, 0.15) is 0 Å². The fourth-order valence-corrected chi connectivity index (χ4v) is 5.05. The molecule has 0 amide bonds. The van der Waals surface area contributed by atoms with E-state index in [1.165, 1.54) is 25.0 Å². The quantitative estimate of drug-likeness (QED) is 0.600. The van der Waals surface area contributed by atoms with Gasteiger partial charge in [0.2, 0.25) is 0 Å². The summed E-state index contributed by atoms with van der Waals surface area (Å²) in [5, 5.41) is 9.50. The van der Waals surface area contributed by atoms with E-state index in [1.807, 2.05) is 22.7 Å². The summed E-state index contributed by atoms with van der Waals surface area (Å²) in [6.07, 6.45) is 1.14. The molecule has 0 saturated carbocycles. The Bertz CT molecular complexity index is 701. The average molecular weight is 366 g/mol. The van der Waals surface area contributed by atoms with Crippen LogP contribution in [-0.4, -0.2) is 6.54 Å². The number of thiophene rings is 2. The van der Waals surface area contributed by atoms with E-state index < -0.39 is 0 Å². The molecule has 0 aliphatic carbocycles. The van der Waals surface area contributed by atoms with Crippen molar-refractivity contribution in [1.82, 2.24) is 5.32 Å². The first-order valence-electron chi connectivity index (χ1n) is 6.73. The molecule has 0 radical (unpaired) electrons. The summed E-state index contributed by atoms with van der Waals surface area (Å²) in [4.78, 5) is 1.36. The maximum Gasteiger partial charge on any atom is 0.0696 e. The Labute approximate surface area is 135 Å². The average Bonchev–Trinajstić information content (AvgIpc) is 3.07. The maximum absolute atomic E-state index is 3.69. The van der Waals surface area contributed by atoms with Crippen LogP contribution in [0.1, 0.15) is 29.8 Å². The molecular weight excluding hydrogens is 350 g/mol. The Morgan fingerprint density at radius 1 is 1.20 bits per heavy atom. The molecule has 2 aromatic heterocycles. The smallest absolute Gasteiger partial charge is 0.0696 e. The van der Waals surface area contributed by atoms with Crippen molar-refractivity contribution < 1.29 is 0 Å². The van der Waals surface area contributed by atoms with Crippen LogP contribution in [0.2, 0.25) is 0 Å². The monoisotopic (exact) mass is 365 g/mol. The molecule has 0 fully saturated rings. The number of benzene rings is 1. The van der Waals surface area contributed by atoms with Gasteiger partial charge in [0.25, 0.3) is 0 Å². The van der Waals surface area contributed by atoms with Gasteiger partial charge in [0.15, 0.2) is 0 Å². The van der Waals surface area contributed by atoms with Gasteiger partial charge >= 0.3 is 0 Å². The fraction of sp³-hybridized carbons (Fsp3) is 0.250. The number of rotatable bonds is 5. The van der Waals surface area contributed by atoms with Gasteiger partial charge in [0, 0.05) is 14.0 Å². The number of hydrogen-bond acceptors (Lipinski definition) is 3. The number of halogens is 1. The molecule has 0 aliphatic heterocycles. The molecule has 0 spiro atoms. The van der Waals surface area contributed by atoms with Crippen molar-refractivity contribution in [2.45, 2.75) is 19.4 Å². The molecule has 104 valence electrons. The molecule has 1 unspecified atom stereocenters. The van der Waals surface area contributed by atoms with Gasteiger partial charge in [0.05, 0.1) is 6.04 Å². The molecule has 0 saturated heterocycles. The highest BCUT2D eigenvalue weighted by molar-refractivity contribution is 9.10. The van der Waals surface area contributed by atoms with E-state index >= 15 is 0 Å². The predicted molar refractivity (Wildman–Crippen MR) is 94.0 cm³/mol. The molecule has 1 aromatic carbocycles. The lowest BCUT2D eigenvalue weighted by molar-refractivity contribution is 0.608. The molecule has 3 rings (SSSR count). The minimum Gasteiger partial charge on any atom is -0.306 e. The van der Waals surface area contributed by atoms with E-state index in [1.54, 1.807) is 0 Å². The van der Waals surface area contributed by atoms with Crippen molar-refractivity contribution in [3.63, 3.8) is 0 Å². The molecule has 1 N–H and O–H groups in total. The summed E-state index contributed by atoms with van der Waals surface area (Å²) in [5.74, 6) is 0. The summed E-state index contributed by atoms with van der Waals surface area (Å²) >= 11 is 7.32. The van der Waals surface area contributed by atoms with Crippen LogP contribution in [-0.2, 0) is 0 Å². The first kappa shape index (κ1) is 14.3. The number of fused-ring (bicyclic) bond motifs is 1. The molecule has 4 heteroatoms.